The van der Waals surface area contributed by atoms with Gasteiger partial charge in [0.25, 0.3) is 0 Å². The van der Waals surface area contributed by atoms with E-state index < -0.39 is 26.2 Å². The van der Waals surface area contributed by atoms with Crippen molar-refractivity contribution in [1.29, 1.82) is 0 Å². The normalized spacial score (nSPS) is 13.8. The van der Waals surface area contributed by atoms with Gasteiger partial charge in [0.1, 0.15) is 0 Å². The molecule has 0 radical (unpaired) electrons. The summed E-state index contributed by atoms with van der Waals surface area (Å²) in [6, 6.07) is 0. The number of hydrogen-bond acceptors (Lipinski definition) is 1. The van der Waals surface area contributed by atoms with Crippen LogP contribution in [0.25, 0.3) is 0 Å². The van der Waals surface area contributed by atoms with Crippen LogP contribution in [0, 0.1) is 0 Å². The Morgan fingerprint density at radius 3 is 1.60 bits per heavy atom. The summed E-state index contributed by atoms with van der Waals surface area (Å²) in [5, 5.41) is 0. The van der Waals surface area contributed by atoms with E-state index in [-0.39, 0.29) is 0 Å². The van der Waals surface area contributed by atoms with E-state index in [1.807, 2.05) is 4.33 Å². The van der Waals surface area contributed by atoms with Crippen LogP contribution in [0.15, 0.2) is 0 Å². The average Bonchev–Trinajstić information content (AvgIpc) is 1.61. The maximum atomic E-state index is 11.8. The van der Waals surface area contributed by atoms with Crippen molar-refractivity contribution in [3.05, 3.63) is 0 Å². The van der Waals surface area contributed by atoms with E-state index in [1.54, 1.807) is 0 Å². The van der Waals surface area contributed by atoms with Crippen molar-refractivity contribution >= 4 is 15.2 Å². The van der Waals surface area contributed by atoms with E-state index in [1.165, 1.54) is 0 Å². The minimum absolute atomic E-state index is 1.06. The molecule has 0 saturated heterocycles. The monoisotopic (exact) mass is 229 g/mol. The Bertz CT molecular complexity index is 110. The molecule has 0 aliphatic carbocycles. The fourth-order valence-corrected chi connectivity index (χ4v) is 0.967. The van der Waals surface area contributed by atoms with E-state index in [4.69, 9.17) is 0 Å². The molecule has 0 aromatic heterocycles. The molecule has 0 aliphatic heterocycles. The second kappa shape index (κ2) is 3.02. The van der Waals surface area contributed by atoms with Crippen molar-refractivity contribution < 1.29 is 22.0 Å². The molecule has 10 heavy (non-hydrogen) atoms. The fourth-order valence-electron chi connectivity index (χ4n) is 0.186. The molecule has 0 heterocycles. The van der Waals surface area contributed by atoms with E-state index in [2.05, 4.69) is 0 Å². The maximum absolute atomic E-state index is 11.8. The van der Waals surface area contributed by atoms with Crippen LogP contribution >= 0.6 is 0 Å². The van der Waals surface area contributed by atoms with E-state index in [0.717, 1.165) is 7.05 Å². The summed E-state index contributed by atoms with van der Waals surface area (Å²) < 4.78 is 59.1. The zero-order valence-electron chi connectivity index (χ0n) is 4.80. The molecular weight excluding hydrogens is 224 g/mol. The number of rotatable bonds is 2. The van der Waals surface area contributed by atoms with Crippen LogP contribution in [0.1, 0.15) is 0 Å². The molecule has 0 rings (SSSR count). The van der Waals surface area contributed by atoms with Gasteiger partial charge in [0.05, 0.1) is 0 Å². The summed E-state index contributed by atoms with van der Waals surface area (Å²) in [4.78, 5) is -4.56. The quantitative estimate of drug-likeness (QED) is 0.548. The standard InChI is InChI=1S/C3H4F5NSe/c1-9-10-3(7,8)2(4,5)6/h9H,1H3. The predicted molar refractivity (Wildman–Crippen MR) is 25.8 cm³/mol. The van der Waals surface area contributed by atoms with Gasteiger partial charge < -0.3 is 0 Å². The SMILES string of the molecule is CN[Se]C(F)(F)C(F)(F)F. The summed E-state index contributed by atoms with van der Waals surface area (Å²) >= 11 is -1.91. The number of halogens is 5. The molecule has 62 valence electrons. The van der Waals surface area contributed by atoms with Gasteiger partial charge in [-0.3, -0.25) is 0 Å². The first-order valence-electron chi connectivity index (χ1n) is 2.10. The molecule has 0 saturated carbocycles. The van der Waals surface area contributed by atoms with Gasteiger partial charge in [-0.25, -0.2) is 0 Å². The van der Waals surface area contributed by atoms with E-state index in [0.29, 0.717) is 0 Å². The van der Waals surface area contributed by atoms with E-state index in [9.17, 15) is 22.0 Å². The van der Waals surface area contributed by atoms with Crippen LogP contribution in [0.3, 0.4) is 0 Å². The minimum atomic E-state index is -5.42. The van der Waals surface area contributed by atoms with Gasteiger partial charge in [-0.05, 0) is 0 Å². The van der Waals surface area contributed by atoms with Gasteiger partial charge in [-0.2, -0.15) is 0 Å². The second-order valence-electron chi connectivity index (χ2n) is 1.32. The Hall–Kier alpha value is 0.129. The Morgan fingerprint density at radius 1 is 1.10 bits per heavy atom. The zero-order valence-corrected chi connectivity index (χ0v) is 6.51. The van der Waals surface area contributed by atoms with Crippen LogP contribution in [0.4, 0.5) is 22.0 Å². The van der Waals surface area contributed by atoms with Crippen LogP contribution in [0.5, 0.6) is 0 Å². The van der Waals surface area contributed by atoms with E-state index >= 15 is 0 Å². The van der Waals surface area contributed by atoms with Crippen molar-refractivity contribution in [2.75, 3.05) is 7.05 Å². The predicted octanol–water partition coefficient (Wildman–Crippen LogP) is 0.980. The fraction of sp³-hybridized carbons (Fsp3) is 1.00. The van der Waals surface area contributed by atoms with Gasteiger partial charge in [0, 0.05) is 0 Å². The third-order valence-corrected chi connectivity index (χ3v) is 2.01. The average molecular weight is 228 g/mol. The Kier molecular flexibility index (Phi) is 3.06. The summed E-state index contributed by atoms with van der Waals surface area (Å²) in [5.74, 6) is 0. The van der Waals surface area contributed by atoms with Gasteiger partial charge in [-0.15, -0.1) is 0 Å². The first-order valence-corrected chi connectivity index (χ1v) is 3.82. The molecule has 0 bridgehead atoms. The summed E-state index contributed by atoms with van der Waals surface area (Å²) in [6.45, 7) is 0. The molecule has 0 fully saturated rings. The molecule has 0 aromatic carbocycles. The van der Waals surface area contributed by atoms with Crippen molar-refractivity contribution in [2.45, 2.75) is 11.0 Å². The van der Waals surface area contributed by atoms with Gasteiger partial charge in [0.2, 0.25) is 0 Å². The molecule has 0 aromatic rings. The molecule has 1 N–H and O–H groups in total. The zero-order chi connectivity index (χ0) is 8.41. The summed E-state index contributed by atoms with van der Waals surface area (Å²) in [5.41, 5.74) is 0. The van der Waals surface area contributed by atoms with Crippen LogP contribution < -0.4 is 4.33 Å². The van der Waals surface area contributed by atoms with Gasteiger partial charge in [-0.1, -0.05) is 0 Å². The third-order valence-electron chi connectivity index (χ3n) is 0.560. The first-order chi connectivity index (χ1) is 4.31. The summed E-state index contributed by atoms with van der Waals surface area (Å²) in [7, 11) is 1.06. The molecule has 1 nitrogen and oxygen atoms in total. The van der Waals surface area contributed by atoms with Crippen LogP contribution in [0.2, 0.25) is 0 Å². The van der Waals surface area contributed by atoms with Crippen molar-refractivity contribution in [3.63, 3.8) is 0 Å². The van der Waals surface area contributed by atoms with Crippen molar-refractivity contribution in [3.8, 4) is 0 Å². The van der Waals surface area contributed by atoms with Crippen molar-refractivity contribution in [1.82, 2.24) is 4.33 Å². The Morgan fingerprint density at radius 2 is 1.50 bits per heavy atom. The summed E-state index contributed by atoms with van der Waals surface area (Å²) in [6.07, 6.45) is -5.42. The Balaban J connectivity index is 4.10. The molecule has 0 atom stereocenters. The van der Waals surface area contributed by atoms with Crippen LogP contribution in [-0.4, -0.2) is 33.2 Å². The molecule has 0 aliphatic rings. The first kappa shape index (κ1) is 10.1. The topological polar surface area (TPSA) is 12.0 Å². The van der Waals surface area contributed by atoms with Gasteiger partial charge >= 0.3 is 59.5 Å². The number of hydrogen-bond donors (Lipinski definition) is 1. The van der Waals surface area contributed by atoms with Crippen LogP contribution in [-0.2, 0) is 0 Å². The van der Waals surface area contributed by atoms with Crippen molar-refractivity contribution in [2.24, 2.45) is 0 Å². The number of nitrogens with one attached hydrogen (secondary N) is 1. The molecule has 0 unspecified atom stereocenters. The third kappa shape index (κ3) is 2.40. The molecule has 0 amide bonds. The molecular formula is C3H4F5NSe. The second-order valence-corrected chi connectivity index (χ2v) is 3.68. The molecule has 7 heteroatoms. The van der Waals surface area contributed by atoms with Gasteiger partial charge in [0.15, 0.2) is 0 Å². The Labute approximate surface area is 60.3 Å². The molecule has 0 spiro atoms. The number of alkyl halides is 5.